The van der Waals surface area contributed by atoms with Crippen molar-refractivity contribution in [2.75, 3.05) is 20.3 Å². The quantitative estimate of drug-likeness (QED) is 0.482. The second-order valence-electron chi connectivity index (χ2n) is 6.81. The number of nitrogens with one attached hydrogen (secondary N) is 1. The van der Waals surface area contributed by atoms with Gasteiger partial charge >= 0.3 is 0 Å². The van der Waals surface area contributed by atoms with Gasteiger partial charge in [0.25, 0.3) is 5.91 Å². The topological polar surface area (TPSA) is 56.8 Å². The van der Waals surface area contributed by atoms with E-state index in [4.69, 9.17) is 14.2 Å². The van der Waals surface area contributed by atoms with E-state index >= 15 is 0 Å². The van der Waals surface area contributed by atoms with Crippen LogP contribution in [0, 0.1) is 0 Å². The fourth-order valence-corrected chi connectivity index (χ4v) is 2.91. The van der Waals surface area contributed by atoms with E-state index in [1.54, 1.807) is 19.2 Å². The number of benzene rings is 3. The fraction of sp³-hybridized carbons (Fsp3) is 0.240. The van der Waals surface area contributed by atoms with Crippen molar-refractivity contribution in [3.63, 3.8) is 0 Å². The molecule has 156 valence electrons. The zero-order chi connectivity index (χ0) is 21.0. The molecule has 5 nitrogen and oxygen atoms in total. The van der Waals surface area contributed by atoms with Gasteiger partial charge in [0.05, 0.1) is 25.4 Å². The van der Waals surface area contributed by atoms with Crippen LogP contribution in [-0.2, 0) is 29.2 Å². The Morgan fingerprint density at radius 2 is 1.40 bits per heavy atom. The molecule has 0 spiro atoms. The molecular formula is C25H27NO4. The Bertz CT molecular complexity index is 910. The van der Waals surface area contributed by atoms with Crippen molar-refractivity contribution in [2.24, 2.45) is 0 Å². The number of carbonyl (C=O) groups excluding carboxylic acids is 1. The molecule has 3 rings (SSSR count). The number of amides is 1. The molecule has 0 saturated carbocycles. The Balaban J connectivity index is 1.47. The van der Waals surface area contributed by atoms with Crippen LogP contribution in [0.3, 0.4) is 0 Å². The monoisotopic (exact) mass is 405 g/mol. The minimum atomic E-state index is -0.168. The summed E-state index contributed by atoms with van der Waals surface area (Å²) < 4.78 is 16.4. The molecular weight excluding hydrogens is 378 g/mol. The van der Waals surface area contributed by atoms with Crippen LogP contribution >= 0.6 is 0 Å². The lowest BCUT2D eigenvalue weighted by molar-refractivity contribution is 0.0943. The van der Waals surface area contributed by atoms with Crippen LogP contribution in [0.25, 0.3) is 0 Å². The summed E-state index contributed by atoms with van der Waals surface area (Å²) in [5.41, 5.74) is 3.79. The van der Waals surface area contributed by atoms with E-state index in [9.17, 15) is 4.79 Å². The highest BCUT2D eigenvalue weighted by Gasteiger charge is 2.11. The predicted molar refractivity (Wildman–Crippen MR) is 116 cm³/mol. The summed E-state index contributed by atoms with van der Waals surface area (Å²) in [6.45, 7) is 2.45. The van der Waals surface area contributed by atoms with Crippen LogP contribution in [0.2, 0.25) is 0 Å². The molecule has 0 heterocycles. The Hall–Kier alpha value is -3.15. The molecule has 5 heteroatoms. The van der Waals surface area contributed by atoms with Crippen molar-refractivity contribution in [3.8, 4) is 5.75 Å². The molecule has 0 unspecified atom stereocenters. The summed E-state index contributed by atoms with van der Waals surface area (Å²) in [6.07, 6.45) is 0. The highest BCUT2D eigenvalue weighted by atomic mass is 16.5. The molecule has 30 heavy (non-hydrogen) atoms. The maximum Gasteiger partial charge on any atom is 0.255 e. The van der Waals surface area contributed by atoms with Gasteiger partial charge in [-0.3, -0.25) is 4.79 Å². The molecule has 0 radical (unpaired) electrons. The third kappa shape index (κ3) is 6.72. The third-order valence-electron chi connectivity index (χ3n) is 4.53. The predicted octanol–water partition coefficient (Wildman–Crippen LogP) is 4.36. The van der Waals surface area contributed by atoms with Crippen LogP contribution in [0.15, 0.2) is 78.9 Å². The van der Waals surface area contributed by atoms with E-state index in [0.29, 0.717) is 44.3 Å². The van der Waals surface area contributed by atoms with Crippen LogP contribution in [0.5, 0.6) is 5.75 Å². The van der Waals surface area contributed by atoms with Gasteiger partial charge in [-0.25, -0.2) is 0 Å². The maximum atomic E-state index is 12.6. The lowest BCUT2D eigenvalue weighted by atomic mass is 10.1. The first-order valence-corrected chi connectivity index (χ1v) is 9.94. The Labute approximate surface area is 177 Å². The Morgan fingerprint density at radius 3 is 2.13 bits per heavy atom. The fourth-order valence-electron chi connectivity index (χ4n) is 2.91. The van der Waals surface area contributed by atoms with Crippen molar-refractivity contribution in [2.45, 2.75) is 19.8 Å². The second kappa shape index (κ2) is 11.8. The van der Waals surface area contributed by atoms with Gasteiger partial charge in [0.1, 0.15) is 12.4 Å². The minimum absolute atomic E-state index is 0.168. The SMILES string of the molecule is COCCOc1ccccc1C(=O)NCc1ccc(COCc2ccccc2)cc1. The lowest BCUT2D eigenvalue weighted by Gasteiger charge is -2.12. The molecule has 1 N–H and O–H groups in total. The molecule has 0 atom stereocenters. The molecule has 0 bridgehead atoms. The molecule has 0 aromatic heterocycles. The molecule has 1 amide bonds. The Morgan fingerprint density at radius 1 is 0.767 bits per heavy atom. The molecule has 0 aliphatic heterocycles. The van der Waals surface area contributed by atoms with Crippen molar-refractivity contribution in [1.29, 1.82) is 0 Å². The Kier molecular flexibility index (Phi) is 8.45. The first-order chi connectivity index (χ1) is 14.8. The number of ether oxygens (including phenoxy) is 3. The zero-order valence-electron chi connectivity index (χ0n) is 17.2. The molecule has 0 aliphatic carbocycles. The molecule has 0 aliphatic rings. The first kappa shape index (κ1) is 21.6. The van der Waals surface area contributed by atoms with Gasteiger partial charge in [-0.15, -0.1) is 0 Å². The normalized spacial score (nSPS) is 10.6. The van der Waals surface area contributed by atoms with E-state index in [0.717, 1.165) is 16.7 Å². The average molecular weight is 405 g/mol. The van der Waals surface area contributed by atoms with Crippen LogP contribution in [0.4, 0.5) is 0 Å². The number of hydrogen-bond acceptors (Lipinski definition) is 4. The summed E-state index contributed by atoms with van der Waals surface area (Å²) in [4.78, 5) is 12.6. The van der Waals surface area contributed by atoms with Gasteiger partial charge in [0, 0.05) is 13.7 Å². The summed E-state index contributed by atoms with van der Waals surface area (Å²) in [6, 6.07) is 25.4. The highest BCUT2D eigenvalue weighted by Crippen LogP contribution is 2.18. The van der Waals surface area contributed by atoms with Gasteiger partial charge in [-0.05, 0) is 28.8 Å². The molecule has 3 aromatic carbocycles. The molecule has 0 saturated heterocycles. The molecule has 0 fully saturated rings. The molecule has 3 aromatic rings. The summed E-state index contributed by atoms with van der Waals surface area (Å²) in [5.74, 6) is 0.385. The summed E-state index contributed by atoms with van der Waals surface area (Å²) >= 11 is 0. The second-order valence-corrected chi connectivity index (χ2v) is 6.81. The third-order valence-corrected chi connectivity index (χ3v) is 4.53. The van der Waals surface area contributed by atoms with Gasteiger partial charge in [0.15, 0.2) is 0 Å². The van der Waals surface area contributed by atoms with E-state index in [1.807, 2.05) is 66.7 Å². The van der Waals surface area contributed by atoms with E-state index in [1.165, 1.54) is 0 Å². The van der Waals surface area contributed by atoms with Crippen molar-refractivity contribution in [1.82, 2.24) is 5.32 Å². The average Bonchev–Trinajstić information content (AvgIpc) is 2.79. The lowest BCUT2D eigenvalue weighted by Crippen LogP contribution is -2.23. The smallest absolute Gasteiger partial charge is 0.255 e. The summed E-state index contributed by atoms with van der Waals surface area (Å²) in [5, 5.41) is 2.95. The largest absolute Gasteiger partial charge is 0.490 e. The van der Waals surface area contributed by atoms with Gasteiger partial charge in [-0.1, -0.05) is 66.7 Å². The van der Waals surface area contributed by atoms with Crippen molar-refractivity contribution < 1.29 is 19.0 Å². The van der Waals surface area contributed by atoms with Crippen LogP contribution in [-0.4, -0.2) is 26.2 Å². The van der Waals surface area contributed by atoms with Crippen LogP contribution < -0.4 is 10.1 Å². The van der Waals surface area contributed by atoms with E-state index < -0.39 is 0 Å². The summed E-state index contributed by atoms with van der Waals surface area (Å²) in [7, 11) is 1.61. The van der Waals surface area contributed by atoms with Crippen molar-refractivity contribution in [3.05, 3.63) is 101 Å². The first-order valence-electron chi connectivity index (χ1n) is 9.94. The highest BCUT2D eigenvalue weighted by molar-refractivity contribution is 5.96. The standard InChI is InChI=1S/C25H27NO4/c1-28-15-16-30-24-10-6-5-9-23(24)25(27)26-17-20-11-13-22(14-12-20)19-29-18-21-7-3-2-4-8-21/h2-14H,15-19H2,1H3,(H,26,27). The number of methoxy groups -OCH3 is 1. The number of rotatable bonds is 11. The zero-order valence-corrected chi connectivity index (χ0v) is 17.2. The number of para-hydroxylation sites is 1. The van der Waals surface area contributed by atoms with E-state index in [-0.39, 0.29) is 5.91 Å². The van der Waals surface area contributed by atoms with E-state index in [2.05, 4.69) is 5.32 Å². The van der Waals surface area contributed by atoms with Crippen molar-refractivity contribution >= 4 is 5.91 Å². The van der Waals surface area contributed by atoms with Gasteiger partial charge in [-0.2, -0.15) is 0 Å². The van der Waals surface area contributed by atoms with Gasteiger partial charge < -0.3 is 19.5 Å². The number of carbonyl (C=O) groups is 1. The van der Waals surface area contributed by atoms with Crippen LogP contribution in [0.1, 0.15) is 27.0 Å². The maximum absolute atomic E-state index is 12.6. The van der Waals surface area contributed by atoms with Gasteiger partial charge in [0.2, 0.25) is 0 Å². The number of hydrogen-bond donors (Lipinski definition) is 1. The minimum Gasteiger partial charge on any atom is -0.490 e.